The molecule has 0 aliphatic heterocycles. The monoisotopic (exact) mass is 196 g/mol. The van der Waals surface area contributed by atoms with Crippen molar-refractivity contribution in [3.63, 3.8) is 0 Å². The van der Waals surface area contributed by atoms with Crippen LogP contribution >= 0.6 is 0 Å². The molecule has 1 saturated carbocycles. The molecule has 1 aromatic heterocycles. The van der Waals surface area contributed by atoms with E-state index in [1.165, 1.54) is 6.20 Å². The van der Waals surface area contributed by atoms with Crippen molar-refractivity contribution in [2.45, 2.75) is 31.2 Å². The predicted octanol–water partition coefficient (Wildman–Crippen LogP) is 1.03. The average molecular weight is 196 g/mol. The fourth-order valence-electron chi connectivity index (χ4n) is 1.49. The van der Waals surface area contributed by atoms with E-state index >= 15 is 0 Å². The van der Waals surface area contributed by atoms with E-state index in [1.807, 2.05) is 0 Å². The maximum absolute atomic E-state index is 10.5. The van der Waals surface area contributed by atoms with Gasteiger partial charge in [0.1, 0.15) is 5.76 Å². The van der Waals surface area contributed by atoms with Gasteiger partial charge in [-0.3, -0.25) is 4.79 Å². The minimum Gasteiger partial charge on any atom is -0.481 e. The van der Waals surface area contributed by atoms with Crippen molar-refractivity contribution in [1.29, 1.82) is 0 Å². The van der Waals surface area contributed by atoms with E-state index in [4.69, 9.17) is 15.4 Å². The lowest BCUT2D eigenvalue weighted by Crippen LogP contribution is -2.15. The zero-order valence-corrected chi connectivity index (χ0v) is 7.64. The van der Waals surface area contributed by atoms with E-state index in [0.29, 0.717) is 5.92 Å². The highest BCUT2D eigenvalue weighted by molar-refractivity contribution is 5.67. The van der Waals surface area contributed by atoms with Crippen LogP contribution in [-0.4, -0.2) is 16.2 Å². The summed E-state index contributed by atoms with van der Waals surface area (Å²) in [5.41, 5.74) is 6.47. The molecule has 2 rings (SSSR count). The van der Waals surface area contributed by atoms with Crippen LogP contribution in [0.3, 0.4) is 0 Å². The summed E-state index contributed by atoms with van der Waals surface area (Å²) in [5, 5.41) is 12.3. The molecule has 76 valence electrons. The Bertz CT molecular complexity index is 344. The Hall–Kier alpha value is -1.36. The molecule has 1 aliphatic rings. The van der Waals surface area contributed by atoms with Crippen molar-refractivity contribution in [2.75, 3.05) is 0 Å². The summed E-state index contributed by atoms with van der Waals surface area (Å²) < 4.78 is 5.07. The topological polar surface area (TPSA) is 89.4 Å². The fourth-order valence-corrected chi connectivity index (χ4v) is 1.49. The van der Waals surface area contributed by atoms with E-state index in [-0.39, 0.29) is 6.42 Å². The Morgan fingerprint density at radius 2 is 2.50 bits per heavy atom. The Morgan fingerprint density at radius 3 is 3.07 bits per heavy atom. The lowest BCUT2D eigenvalue weighted by molar-refractivity contribution is -0.137. The Morgan fingerprint density at radius 1 is 1.79 bits per heavy atom. The first-order valence-corrected chi connectivity index (χ1v) is 4.60. The van der Waals surface area contributed by atoms with Crippen LogP contribution in [0.4, 0.5) is 0 Å². The fraction of sp³-hybridized carbons (Fsp3) is 0.556. The smallest absolute Gasteiger partial charge is 0.305 e. The van der Waals surface area contributed by atoms with Crippen molar-refractivity contribution < 1.29 is 14.4 Å². The Labute approximate surface area is 80.9 Å². The van der Waals surface area contributed by atoms with Gasteiger partial charge in [-0.25, -0.2) is 0 Å². The van der Waals surface area contributed by atoms with Gasteiger partial charge in [0.15, 0.2) is 0 Å². The highest BCUT2D eigenvalue weighted by Crippen LogP contribution is 2.42. The largest absolute Gasteiger partial charge is 0.481 e. The zero-order valence-electron chi connectivity index (χ0n) is 7.64. The van der Waals surface area contributed by atoms with Gasteiger partial charge in [0, 0.05) is 17.5 Å². The number of rotatable bonds is 4. The van der Waals surface area contributed by atoms with E-state index < -0.39 is 12.0 Å². The second-order valence-electron chi connectivity index (χ2n) is 3.62. The van der Waals surface area contributed by atoms with Gasteiger partial charge < -0.3 is 15.4 Å². The molecule has 1 aliphatic carbocycles. The second kappa shape index (κ2) is 3.42. The molecule has 0 saturated heterocycles. The van der Waals surface area contributed by atoms with Gasteiger partial charge in [-0.05, 0) is 12.8 Å². The number of nitrogens with two attached hydrogens (primary N) is 1. The van der Waals surface area contributed by atoms with Gasteiger partial charge in [0.25, 0.3) is 0 Å². The molecule has 1 fully saturated rings. The number of nitrogens with zero attached hydrogens (tertiary/aromatic N) is 1. The maximum atomic E-state index is 10.5. The summed E-state index contributed by atoms with van der Waals surface area (Å²) in [5.74, 6) is 0.284. The molecule has 5 nitrogen and oxygen atoms in total. The lowest BCUT2D eigenvalue weighted by Gasteiger charge is -2.06. The van der Waals surface area contributed by atoms with Crippen molar-refractivity contribution in [1.82, 2.24) is 5.16 Å². The van der Waals surface area contributed by atoms with Gasteiger partial charge in [0.05, 0.1) is 12.6 Å². The molecule has 14 heavy (non-hydrogen) atoms. The van der Waals surface area contributed by atoms with E-state index in [9.17, 15) is 4.79 Å². The first-order chi connectivity index (χ1) is 6.68. The van der Waals surface area contributed by atoms with Crippen LogP contribution in [0.15, 0.2) is 10.7 Å². The second-order valence-corrected chi connectivity index (χ2v) is 3.62. The third kappa shape index (κ3) is 1.77. The van der Waals surface area contributed by atoms with Crippen molar-refractivity contribution in [3.8, 4) is 0 Å². The molecule has 0 aromatic carbocycles. The molecule has 0 bridgehead atoms. The quantitative estimate of drug-likeness (QED) is 0.750. The van der Waals surface area contributed by atoms with Crippen LogP contribution in [0.1, 0.15) is 42.5 Å². The van der Waals surface area contributed by atoms with Crippen molar-refractivity contribution in [2.24, 2.45) is 5.73 Å². The van der Waals surface area contributed by atoms with E-state index in [2.05, 4.69) is 5.16 Å². The molecular formula is C9H12N2O3. The van der Waals surface area contributed by atoms with Crippen LogP contribution in [0.2, 0.25) is 0 Å². The summed E-state index contributed by atoms with van der Waals surface area (Å²) in [4.78, 5) is 10.5. The van der Waals surface area contributed by atoms with Crippen LogP contribution < -0.4 is 5.73 Å². The standard InChI is InChI=1S/C9H12N2O3/c10-7(3-8(12)13)6-4-11-14-9(6)5-1-2-5/h4-5,7H,1-3,10H2,(H,12,13). The minimum atomic E-state index is -0.902. The Kier molecular flexibility index (Phi) is 2.25. The summed E-state index contributed by atoms with van der Waals surface area (Å²) in [6.07, 6.45) is 3.62. The summed E-state index contributed by atoms with van der Waals surface area (Å²) >= 11 is 0. The average Bonchev–Trinajstić information content (AvgIpc) is 2.82. The maximum Gasteiger partial charge on any atom is 0.305 e. The molecule has 1 atom stereocenters. The highest BCUT2D eigenvalue weighted by Gasteiger charge is 2.32. The predicted molar refractivity (Wildman–Crippen MR) is 47.7 cm³/mol. The first kappa shape index (κ1) is 9.21. The highest BCUT2D eigenvalue weighted by atomic mass is 16.5. The van der Waals surface area contributed by atoms with Gasteiger partial charge in [-0.1, -0.05) is 5.16 Å². The molecule has 3 N–H and O–H groups in total. The zero-order chi connectivity index (χ0) is 10.1. The molecule has 0 spiro atoms. The number of carboxylic acids is 1. The third-order valence-corrected chi connectivity index (χ3v) is 2.37. The number of carboxylic acid groups (broad SMARTS) is 1. The summed E-state index contributed by atoms with van der Waals surface area (Å²) in [7, 11) is 0. The molecular weight excluding hydrogens is 184 g/mol. The summed E-state index contributed by atoms with van der Waals surface area (Å²) in [6, 6.07) is -0.505. The minimum absolute atomic E-state index is 0.0824. The number of carbonyl (C=O) groups is 1. The molecule has 1 aromatic rings. The van der Waals surface area contributed by atoms with Crippen molar-refractivity contribution in [3.05, 3.63) is 17.5 Å². The lowest BCUT2D eigenvalue weighted by atomic mass is 10.0. The third-order valence-electron chi connectivity index (χ3n) is 2.37. The van der Waals surface area contributed by atoms with Crippen LogP contribution in [-0.2, 0) is 4.79 Å². The van der Waals surface area contributed by atoms with Gasteiger partial charge >= 0.3 is 5.97 Å². The number of aliphatic carboxylic acids is 1. The molecule has 1 heterocycles. The van der Waals surface area contributed by atoms with Gasteiger partial charge in [-0.15, -0.1) is 0 Å². The van der Waals surface area contributed by atoms with E-state index in [0.717, 1.165) is 24.2 Å². The molecule has 5 heteroatoms. The SMILES string of the molecule is NC(CC(=O)O)c1cnoc1C1CC1. The number of aromatic nitrogens is 1. The first-order valence-electron chi connectivity index (χ1n) is 4.60. The van der Waals surface area contributed by atoms with Crippen LogP contribution in [0.5, 0.6) is 0 Å². The normalized spacial score (nSPS) is 18.1. The van der Waals surface area contributed by atoms with Gasteiger partial charge in [-0.2, -0.15) is 0 Å². The van der Waals surface area contributed by atoms with Crippen LogP contribution in [0.25, 0.3) is 0 Å². The Balaban J connectivity index is 2.13. The molecule has 0 amide bonds. The van der Waals surface area contributed by atoms with E-state index in [1.54, 1.807) is 0 Å². The number of hydrogen-bond acceptors (Lipinski definition) is 4. The molecule has 0 radical (unpaired) electrons. The van der Waals surface area contributed by atoms with Crippen molar-refractivity contribution >= 4 is 5.97 Å². The van der Waals surface area contributed by atoms with Gasteiger partial charge in [0.2, 0.25) is 0 Å². The van der Waals surface area contributed by atoms with Crippen LogP contribution in [0, 0.1) is 0 Å². The summed E-state index contributed by atoms with van der Waals surface area (Å²) in [6.45, 7) is 0. The number of hydrogen-bond donors (Lipinski definition) is 2. The molecule has 1 unspecified atom stereocenters.